The predicted octanol–water partition coefficient (Wildman–Crippen LogP) is 7.66. The summed E-state index contributed by atoms with van der Waals surface area (Å²) < 4.78 is 41.3. The highest BCUT2D eigenvalue weighted by molar-refractivity contribution is 7.94. The number of hydrogen-bond donors (Lipinski definition) is 0. The maximum atomic E-state index is 14.3. The Morgan fingerprint density at radius 1 is 0.632 bits per heavy atom. The topological polar surface area (TPSA) is 137 Å². The van der Waals surface area contributed by atoms with Gasteiger partial charge in [0.1, 0.15) is 0 Å². The largest absolute Gasteiger partial charge is 0.382 e. The predicted molar refractivity (Wildman–Crippen MR) is 218 cm³/mol. The molecule has 0 N–H and O–H groups in total. The van der Waals surface area contributed by atoms with Gasteiger partial charge in [0.05, 0.1) is 49.2 Å². The van der Waals surface area contributed by atoms with Crippen LogP contribution in [0.4, 0.5) is 5.69 Å². The normalized spacial score (nSPS) is 15.6. The van der Waals surface area contributed by atoms with E-state index in [0.717, 1.165) is 42.6 Å². The molecule has 0 aliphatic carbocycles. The second kappa shape index (κ2) is 13.6. The van der Waals surface area contributed by atoms with Crippen LogP contribution in [0.15, 0.2) is 102 Å². The molecule has 0 saturated carbocycles. The summed E-state index contributed by atoms with van der Waals surface area (Å²) in [7, 11) is -2.05. The summed E-state index contributed by atoms with van der Waals surface area (Å²) in [4.78, 5) is 59.3. The Bertz CT molecular complexity index is 2910. The molecule has 2 aliphatic heterocycles. The second-order valence-corrected chi connectivity index (χ2v) is 16.4. The van der Waals surface area contributed by atoms with Crippen molar-refractivity contribution >= 4 is 93.0 Å². The number of anilines is 1. The number of carbonyl (C=O) groups excluding carboxylic acids is 4. The van der Waals surface area contributed by atoms with Gasteiger partial charge in [-0.3, -0.25) is 24.1 Å². The highest BCUT2D eigenvalue weighted by Gasteiger charge is 2.39. The molecule has 12 heteroatoms. The lowest BCUT2D eigenvalue weighted by molar-refractivity contribution is -0.0312. The van der Waals surface area contributed by atoms with E-state index in [-0.39, 0.29) is 17.6 Å². The number of benzene rings is 7. The van der Waals surface area contributed by atoms with Crippen molar-refractivity contribution < 1.29 is 41.8 Å². The van der Waals surface area contributed by atoms with Crippen LogP contribution in [0.3, 0.4) is 0 Å². The zero-order valence-electron chi connectivity index (χ0n) is 31.3. The van der Waals surface area contributed by atoms with Crippen molar-refractivity contribution in [1.82, 2.24) is 4.90 Å². The van der Waals surface area contributed by atoms with Crippen LogP contribution in [-0.2, 0) is 24.0 Å². The summed E-state index contributed by atoms with van der Waals surface area (Å²) in [6.45, 7) is 8.45. The molecule has 0 saturated heterocycles. The average Bonchev–Trinajstić information content (AvgIpc) is 3.22. The lowest BCUT2D eigenvalue weighted by Crippen LogP contribution is -2.48. The van der Waals surface area contributed by atoms with Crippen LogP contribution in [0.2, 0.25) is 0 Å². The number of imide groups is 2. The Morgan fingerprint density at radius 3 is 1.67 bits per heavy atom. The number of carbonyl (C=O) groups is 4. The third kappa shape index (κ3) is 5.54. The second-order valence-electron chi connectivity index (χ2n) is 14.5. The van der Waals surface area contributed by atoms with E-state index in [1.54, 1.807) is 62.6 Å². The zero-order chi connectivity index (χ0) is 39.9. The van der Waals surface area contributed by atoms with Crippen LogP contribution in [0, 0.1) is 0 Å². The lowest BCUT2D eigenvalue weighted by atomic mass is 9.82. The van der Waals surface area contributed by atoms with E-state index in [2.05, 4.69) is 6.58 Å². The van der Waals surface area contributed by atoms with Gasteiger partial charge >= 0.3 is 0 Å². The van der Waals surface area contributed by atoms with E-state index in [4.69, 9.17) is 14.2 Å². The SMILES string of the molecule is C=CS(=O)(=O)c1ccc2cc(N3C(=O)c4ccc5c6ccc7c8c(ccc(c9ccc(c4c59)C3=O)c86)C(=O)N(C(C)COC(C)COCCOC)C7=O)ccc2c1. The Kier molecular flexibility index (Phi) is 8.70. The van der Waals surface area contributed by atoms with E-state index in [1.807, 2.05) is 31.2 Å². The molecule has 11 nitrogen and oxygen atoms in total. The molecule has 4 amide bonds. The van der Waals surface area contributed by atoms with Crippen LogP contribution in [0.25, 0.3) is 53.9 Å². The van der Waals surface area contributed by atoms with Gasteiger partial charge in [-0.2, -0.15) is 0 Å². The van der Waals surface area contributed by atoms with Crippen LogP contribution in [0.5, 0.6) is 0 Å². The van der Waals surface area contributed by atoms with Gasteiger partial charge in [0.15, 0.2) is 9.84 Å². The molecule has 7 aromatic carbocycles. The highest BCUT2D eigenvalue weighted by atomic mass is 32.2. The van der Waals surface area contributed by atoms with Gasteiger partial charge in [0.2, 0.25) is 0 Å². The molecule has 0 aromatic heterocycles. The summed E-state index contributed by atoms with van der Waals surface area (Å²) in [6, 6.07) is 23.5. The molecule has 0 radical (unpaired) electrons. The highest BCUT2D eigenvalue weighted by Crippen LogP contribution is 2.47. The van der Waals surface area contributed by atoms with Crippen LogP contribution in [0.1, 0.15) is 55.3 Å². The average molecular weight is 781 g/mol. The summed E-state index contributed by atoms with van der Waals surface area (Å²) in [5.74, 6) is -1.78. The van der Waals surface area contributed by atoms with Crippen molar-refractivity contribution in [1.29, 1.82) is 0 Å². The smallest absolute Gasteiger partial charge is 0.265 e. The molecule has 57 heavy (non-hydrogen) atoms. The fourth-order valence-electron chi connectivity index (χ4n) is 8.36. The maximum absolute atomic E-state index is 14.3. The van der Waals surface area contributed by atoms with Gasteiger partial charge in [-0.25, -0.2) is 13.3 Å². The van der Waals surface area contributed by atoms with E-state index >= 15 is 0 Å². The number of amides is 4. The third-order valence-corrected chi connectivity index (χ3v) is 12.5. The van der Waals surface area contributed by atoms with Crippen molar-refractivity contribution in [3.63, 3.8) is 0 Å². The standard InChI is InChI=1S/C45H36N2O9S/c1-5-57(52,53)29-9-7-26-20-28(8-6-27(26)21-29)47-44(50)36-16-12-32-30-10-14-34-40-35(15-11-31(38(30)40)33-13-17-37(45(47)51)41(36)39(32)33)43(49)46(42(34)48)24(2)22-56-25(3)23-55-19-18-54-4/h5-17,20-21,24-25H,1,18-19,22-23H2,2-4H3. The molecule has 2 atom stereocenters. The van der Waals surface area contributed by atoms with Gasteiger partial charge in [-0.1, -0.05) is 43.0 Å². The number of nitrogens with zero attached hydrogens (tertiary/aromatic N) is 2. The first-order valence-electron chi connectivity index (χ1n) is 18.5. The molecule has 2 heterocycles. The molecular weight excluding hydrogens is 745 g/mol. The van der Waals surface area contributed by atoms with Crippen molar-refractivity contribution in [2.24, 2.45) is 0 Å². The van der Waals surface area contributed by atoms with Crippen molar-refractivity contribution in [3.8, 4) is 0 Å². The molecule has 2 aliphatic rings. The fraction of sp³-hybridized carbons (Fsp3) is 0.200. The first kappa shape index (κ1) is 36.6. The summed E-state index contributed by atoms with van der Waals surface area (Å²) in [5, 5.41) is 7.98. The maximum Gasteiger partial charge on any atom is 0.265 e. The summed E-state index contributed by atoms with van der Waals surface area (Å²) >= 11 is 0. The molecule has 9 rings (SSSR count). The number of fused-ring (bicyclic) bond motifs is 3. The molecule has 286 valence electrons. The Hall–Kier alpha value is -6.05. The first-order valence-corrected chi connectivity index (χ1v) is 20.1. The minimum Gasteiger partial charge on any atom is -0.382 e. The Balaban J connectivity index is 1.10. The van der Waals surface area contributed by atoms with Crippen molar-refractivity contribution in [2.75, 3.05) is 38.4 Å². The molecule has 0 bridgehead atoms. The number of methoxy groups -OCH3 is 1. The third-order valence-electron chi connectivity index (χ3n) is 11.1. The van der Waals surface area contributed by atoms with E-state index in [1.165, 1.54) is 17.0 Å². The Morgan fingerprint density at radius 2 is 1.14 bits per heavy atom. The van der Waals surface area contributed by atoms with Crippen LogP contribution >= 0.6 is 0 Å². The van der Waals surface area contributed by atoms with Crippen molar-refractivity contribution in [3.05, 3.63) is 119 Å². The van der Waals surface area contributed by atoms with Gasteiger partial charge < -0.3 is 14.2 Å². The minimum atomic E-state index is -3.65. The van der Waals surface area contributed by atoms with Gasteiger partial charge in [0, 0.05) is 45.5 Å². The van der Waals surface area contributed by atoms with Gasteiger partial charge in [-0.15, -0.1) is 0 Å². The van der Waals surface area contributed by atoms with E-state index < -0.39 is 39.5 Å². The molecule has 0 fully saturated rings. The van der Waals surface area contributed by atoms with E-state index in [0.29, 0.717) is 69.3 Å². The molecule has 7 aromatic rings. The molecule has 2 unspecified atom stereocenters. The van der Waals surface area contributed by atoms with Crippen LogP contribution < -0.4 is 4.90 Å². The lowest BCUT2D eigenvalue weighted by Gasteiger charge is -2.33. The first-order chi connectivity index (χ1) is 27.4. The summed E-state index contributed by atoms with van der Waals surface area (Å²) in [5.41, 5.74) is 1.90. The Labute approximate surface area is 327 Å². The van der Waals surface area contributed by atoms with Gasteiger partial charge in [0.25, 0.3) is 23.6 Å². The number of hydrogen-bond acceptors (Lipinski definition) is 9. The monoisotopic (exact) mass is 780 g/mol. The number of sulfone groups is 1. The number of rotatable bonds is 12. The quantitative estimate of drug-likeness (QED) is 0.0530. The van der Waals surface area contributed by atoms with E-state index in [9.17, 15) is 27.6 Å². The molecule has 0 spiro atoms. The summed E-state index contributed by atoms with van der Waals surface area (Å²) in [6.07, 6.45) is -0.254. The van der Waals surface area contributed by atoms with Crippen molar-refractivity contribution in [2.45, 2.75) is 30.9 Å². The fourth-order valence-corrected chi connectivity index (χ4v) is 9.10. The number of ether oxygens (including phenoxy) is 3. The van der Waals surface area contributed by atoms with Crippen LogP contribution in [-0.4, -0.2) is 82.6 Å². The van der Waals surface area contributed by atoms with Gasteiger partial charge in [-0.05, 0) is 105 Å². The zero-order valence-corrected chi connectivity index (χ0v) is 32.1. The molecular formula is C45H36N2O9S. The minimum absolute atomic E-state index is 0.0975.